The van der Waals surface area contributed by atoms with E-state index >= 15 is 0 Å². The third-order valence-electron chi connectivity index (χ3n) is 6.01. The Labute approximate surface area is 191 Å². The van der Waals surface area contributed by atoms with Crippen LogP contribution >= 0.6 is 0 Å². The van der Waals surface area contributed by atoms with E-state index in [-0.39, 0.29) is 6.79 Å². The normalized spacial score (nSPS) is 12.5. The fourth-order valence-electron chi connectivity index (χ4n) is 4.33. The Morgan fingerprint density at radius 2 is 1.64 bits per heavy atom. The van der Waals surface area contributed by atoms with Gasteiger partial charge < -0.3 is 18.8 Å². The Bertz CT molecular complexity index is 1420. The van der Waals surface area contributed by atoms with E-state index in [0.717, 1.165) is 57.2 Å². The second-order valence-electron chi connectivity index (χ2n) is 8.23. The van der Waals surface area contributed by atoms with E-state index in [1.54, 1.807) is 0 Å². The van der Waals surface area contributed by atoms with Gasteiger partial charge in [-0.05, 0) is 49.7 Å². The van der Waals surface area contributed by atoms with Gasteiger partial charge in [-0.3, -0.25) is 0 Å². The highest BCUT2D eigenvalue weighted by molar-refractivity contribution is 5.99. The lowest BCUT2D eigenvalue weighted by Gasteiger charge is -2.16. The lowest BCUT2D eigenvalue weighted by molar-refractivity contribution is 0.174. The highest BCUT2D eigenvalue weighted by Gasteiger charge is 2.24. The summed E-state index contributed by atoms with van der Waals surface area (Å²) in [5.41, 5.74) is 7.21. The van der Waals surface area contributed by atoms with E-state index < -0.39 is 0 Å². The Morgan fingerprint density at radius 3 is 2.39 bits per heavy atom. The number of aromatic nitrogens is 3. The lowest BCUT2D eigenvalue weighted by Crippen LogP contribution is -2.04. The van der Waals surface area contributed by atoms with Gasteiger partial charge in [0.25, 0.3) is 0 Å². The number of aryl methyl sites for hydroxylation is 1. The van der Waals surface area contributed by atoms with Crippen molar-refractivity contribution in [1.82, 2.24) is 14.8 Å². The Balaban J connectivity index is 1.53. The first kappa shape index (κ1) is 19.6. The van der Waals surface area contributed by atoms with Gasteiger partial charge in [0, 0.05) is 35.3 Å². The van der Waals surface area contributed by atoms with E-state index in [1.807, 2.05) is 43.3 Å². The van der Waals surface area contributed by atoms with Crippen LogP contribution in [0.15, 0.2) is 66.9 Å². The van der Waals surface area contributed by atoms with E-state index in [1.165, 1.54) is 11.1 Å². The summed E-state index contributed by atoms with van der Waals surface area (Å²) in [5.74, 6) is 2.34. The monoisotopic (exact) mass is 437 g/mol. The van der Waals surface area contributed by atoms with Gasteiger partial charge in [0.05, 0.1) is 12.1 Å². The molecule has 3 aliphatic heterocycles. The van der Waals surface area contributed by atoms with Crippen LogP contribution in [0.1, 0.15) is 18.1 Å². The van der Waals surface area contributed by atoms with Crippen molar-refractivity contribution in [2.75, 3.05) is 13.4 Å². The van der Waals surface area contributed by atoms with E-state index in [4.69, 9.17) is 14.2 Å². The molecule has 6 heteroatoms. The molecule has 0 spiro atoms. The van der Waals surface area contributed by atoms with Gasteiger partial charge in [0.2, 0.25) is 6.79 Å². The van der Waals surface area contributed by atoms with Crippen LogP contribution in [0.5, 0.6) is 17.2 Å². The summed E-state index contributed by atoms with van der Waals surface area (Å²) in [4.78, 5) is 0. The maximum atomic E-state index is 5.66. The van der Waals surface area contributed by atoms with Gasteiger partial charge in [-0.25, -0.2) is 0 Å². The number of nitrogens with zero attached hydrogens (tertiary/aromatic N) is 3. The number of benzene rings is 3. The number of pyridine rings is 1. The molecule has 33 heavy (non-hydrogen) atoms. The number of fused-ring (bicyclic) bond motifs is 4. The molecule has 0 saturated carbocycles. The fraction of sp³-hybridized carbons (Fsp3) is 0.185. The molecule has 6 nitrogen and oxygen atoms in total. The predicted octanol–water partition coefficient (Wildman–Crippen LogP) is 5.69. The molecule has 0 aromatic heterocycles. The highest BCUT2D eigenvalue weighted by Crippen LogP contribution is 2.42. The lowest BCUT2D eigenvalue weighted by atomic mass is 10.0. The van der Waals surface area contributed by atoms with Crippen molar-refractivity contribution in [2.45, 2.75) is 20.4 Å². The molecule has 0 N–H and O–H groups in total. The third kappa shape index (κ3) is 3.44. The molecule has 0 radical (unpaired) electrons. The van der Waals surface area contributed by atoms with Gasteiger partial charge in [0.1, 0.15) is 17.1 Å². The molecule has 3 aromatic carbocycles. The van der Waals surface area contributed by atoms with Gasteiger partial charge in [0.15, 0.2) is 11.5 Å². The van der Waals surface area contributed by atoms with Crippen molar-refractivity contribution in [3.05, 3.63) is 78.0 Å². The number of ether oxygens (including phenoxy) is 3. The largest absolute Gasteiger partial charge is 0.494 e. The van der Waals surface area contributed by atoms with Crippen molar-refractivity contribution >= 4 is 10.9 Å². The minimum absolute atomic E-state index is 0.233. The molecular weight excluding hydrogens is 414 g/mol. The molecule has 3 aromatic rings. The van der Waals surface area contributed by atoms with Gasteiger partial charge in [-0.2, -0.15) is 0 Å². The number of hydrogen-bond donors (Lipinski definition) is 0. The summed E-state index contributed by atoms with van der Waals surface area (Å²) >= 11 is 0. The first-order valence-electron chi connectivity index (χ1n) is 11.1. The number of hydrogen-bond acceptors (Lipinski definition) is 5. The molecular formula is C27H23N3O3. The molecule has 0 fully saturated rings. The average Bonchev–Trinajstić information content (AvgIpc) is 3.47. The SMILES string of the molecule is CCOc1ccc(-c2nnc3c4cc5c(cc4n(Cc4ccc(C)cc4)cc2-3)OCO5)cc1. The molecule has 0 saturated heterocycles. The molecule has 0 unspecified atom stereocenters. The van der Waals surface area contributed by atoms with Crippen LogP contribution in [0.3, 0.4) is 0 Å². The Hall–Kier alpha value is -4.06. The van der Waals surface area contributed by atoms with Crippen molar-refractivity contribution in [2.24, 2.45) is 0 Å². The van der Waals surface area contributed by atoms with Crippen molar-refractivity contribution in [3.63, 3.8) is 0 Å². The molecule has 0 aliphatic carbocycles. The van der Waals surface area contributed by atoms with Crippen LogP contribution in [0, 0.1) is 6.92 Å². The molecule has 0 atom stereocenters. The van der Waals surface area contributed by atoms with Crippen molar-refractivity contribution in [1.29, 1.82) is 0 Å². The summed E-state index contributed by atoms with van der Waals surface area (Å²) in [5, 5.41) is 10.1. The fourth-order valence-corrected chi connectivity index (χ4v) is 4.33. The van der Waals surface area contributed by atoms with Gasteiger partial charge in [-0.15, -0.1) is 10.2 Å². The standard InChI is InChI=1S/C27H23N3O3/c1-3-31-20-10-8-19(9-11-20)26-22-15-30(14-18-6-4-17(2)5-7-18)23-13-25-24(32-16-33-25)12-21(23)27(22)29-28-26/h4-13,15H,3,14,16H2,1-2H3. The quantitative estimate of drug-likeness (QED) is 0.354. The Kier molecular flexibility index (Phi) is 4.64. The summed E-state index contributed by atoms with van der Waals surface area (Å²) in [6.07, 6.45) is 2.14. The second-order valence-corrected chi connectivity index (χ2v) is 8.23. The van der Waals surface area contributed by atoms with Crippen LogP contribution in [0.2, 0.25) is 0 Å². The van der Waals surface area contributed by atoms with E-state index in [2.05, 4.69) is 52.2 Å². The summed E-state index contributed by atoms with van der Waals surface area (Å²) in [6.45, 7) is 5.67. The summed E-state index contributed by atoms with van der Waals surface area (Å²) < 4.78 is 19.2. The van der Waals surface area contributed by atoms with Crippen molar-refractivity contribution in [3.8, 4) is 39.8 Å². The molecule has 164 valence electrons. The topological polar surface area (TPSA) is 58.4 Å². The molecule has 6 rings (SSSR count). The van der Waals surface area contributed by atoms with Crippen LogP contribution < -0.4 is 14.2 Å². The molecule has 3 aliphatic rings. The molecule has 0 bridgehead atoms. The van der Waals surface area contributed by atoms with Gasteiger partial charge >= 0.3 is 0 Å². The smallest absolute Gasteiger partial charge is 0.231 e. The maximum absolute atomic E-state index is 5.66. The van der Waals surface area contributed by atoms with Crippen molar-refractivity contribution < 1.29 is 14.2 Å². The minimum Gasteiger partial charge on any atom is -0.494 e. The van der Waals surface area contributed by atoms with Crippen LogP contribution in [-0.2, 0) is 6.54 Å². The molecule has 3 heterocycles. The zero-order valence-electron chi connectivity index (χ0n) is 18.5. The predicted molar refractivity (Wildman–Crippen MR) is 127 cm³/mol. The van der Waals surface area contributed by atoms with E-state index in [9.17, 15) is 0 Å². The third-order valence-corrected chi connectivity index (χ3v) is 6.01. The van der Waals surface area contributed by atoms with Gasteiger partial charge in [-0.1, -0.05) is 29.8 Å². The number of rotatable bonds is 5. The highest BCUT2D eigenvalue weighted by atomic mass is 16.7. The van der Waals surface area contributed by atoms with Crippen LogP contribution in [-0.4, -0.2) is 28.2 Å². The average molecular weight is 437 g/mol. The van der Waals surface area contributed by atoms with Crippen LogP contribution in [0.25, 0.3) is 33.4 Å². The Morgan fingerprint density at radius 1 is 0.909 bits per heavy atom. The first-order chi connectivity index (χ1) is 16.2. The molecule has 0 amide bonds. The first-order valence-corrected chi connectivity index (χ1v) is 11.1. The zero-order valence-corrected chi connectivity index (χ0v) is 18.5. The minimum atomic E-state index is 0.233. The van der Waals surface area contributed by atoms with Crippen LogP contribution in [0.4, 0.5) is 0 Å². The zero-order chi connectivity index (χ0) is 22.4. The summed E-state index contributed by atoms with van der Waals surface area (Å²) in [6, 6.07) is 20.7. The maximum Gasteiger partial charge on any atom is 0.231 e. The second kappa shape index (κ2) is 7.81. The van der Waals surface area contributed by atoms with E-state index in [0.29, 0.717) is 6.61 Å². The summed E-state index contributed by atoms with van der Waals surface area (Å²) in [7, 11) is 0.